The Labute approximate surface area is 74.7 Å². The van der Waals surface area contributed by atoms with Crippen molar-refractivity contribution in [2.75, 3.05) is 0 Å². The molecular formula is C9H19N2O. The average molecular weight is 171 g/mol. The molecule has 0 fully saturated rings. The van der Waals surface area contributed by atoms with Crippen LogP contribution in [0.3, 0.4) is 0 Å². The maximum atomic E-state index is 10.6. The lowest BCUT2D eigenvalue weighted by atomic mass is 9.84. The second-order valence-corrected chi connectivity index (χ2v) is 4.07. The van der Waals surface area contributed by atoms with E-state index in [9.17, 15) is 4.79 Å². The topological polar surface area (TPSA) is 55.1 Å². The van der Waals surface area contributed by atoms with Gasteiger partial charge in [0.2, 0.25) is 0 Å². The molecule has 0 rings (SSSR count). The third-order valence-electron chi connectivity index (χ3n) is 1.85. The zero-order valence-electron chi connectivity index (χ0n) is 8.18. The van der Waals surface area contributed by atoms with E-state index in [1.165, 1.54) is 0 Å². The van der Waals surface area contributed by atoms with Crippen molar-refractivity contribution < 1.29 is 4.79 Å². The van der Waals surface area contributed by atoms with Gasteiger partial charge < -0.3 is 11.1 Å². The van der Waals surface area contributed by atoms with E-state index in [0.29, 0.717) is 0 Å². The van der Waals surface area contributed by atoms with E-state index in [1.807, 2.05) is 0 Å². The van der Waals surface area contributed by atoms with Crippen LogP contribution in [0.5, 0.6) is 0 Å². The number of nitrogens with one attached hydrogen (secondary N) is 1. The van der Waals surface area contributed by atoms with Crippen LogP contribution in [0.4, 0.5) is 4.79 Å². The highest BCUT2D eigenvalue weighted by atomic mass is 16.2. The number of carbonyl (C=O) groups excluding carboxylic acids is 1. The molecule has 2 amide bonds. The molecule has 71 valence electrons. The van der Waals surface area contributed by atoms with Crippen LogP contribution in [-0.4, -0.2) is 12.1 Å². The van der Waals surface area contributed by atoms with Gasteiger partial charge in [-0.15, -0.1) is 0 Å². The predicted molar refractivity (Wildman–Crippen MR) is 50.6 cm³/mol. The molecule has 0 saturated carbocycles. The van der Waals surface area contributed by atoms with Gasteiger partial charge in [-0.1, -0.05) is 34.1 Å². The first-order valence-electron chi connectivity index (χ1n) is 4.23. The Kier molecular flexibility index (Phi) is 4.07. The molecule has 3 N–H and O–H groups in total. The molecular weight excluding hydrogens is 152 g/mol. The van der Waals surface area contributed by atoms with Gasteiger partial charge in [0.05, 0.1) is 0 Å². The molecule has 0 aromatic heterocycles. The Balaban J connectivity index is 4.13. The van der Waals surface area contributed by atoms with E-state index in [0.717, 1.165) is 12.8 Å². The summed E-state index contributed by atoms with van der Waals surface area (Å²) in [5.41, 5.74) is 5.10. The van der Waals surface area contributed by atoms with Crippen LogP contribution in [0.1, 0.15) is 33.6 Å². The lowest BCUT2D eigenvalue weighted by Crippen LogP contribution is -2.45. The molecule has 0 aliphatic rings. The first kappa shape index (κ1) is 11.3. The zero-order chi connectivity index (χ0) is 9.78. The summed E-state index contributed by atoms with van der Waals surface area (Å²) >= 11 is 0. The first-order chi connectivity index (χ1) is 5.38. The van der Waals surface area contributed by atoms with E-state index in [1.54, 1.807) is 0 Å². The van der Waals surface area contributed by atoms with Crippen molar-refractivity contribution in [1.29, 1.82) is 0 Å². The monoisotopic (exact) mass is 171 g/mol. The molecule has 0 spiro atoms. The number of urea groups is 1. The minimum Gasteiger partial charge on any atom is -0.352 e. The molecule has 0 aromatic rings. The van der Waals surface area contributed by atoms with E-state index in [4.69, 9.17) is 5.73 Å². The third-order valence-corrected chi connectivity index (χ3v) is 1.85. The largest absolute Gasteiger partial charge is 0.352 e. The molecule has 0 saturated heterocycles. The molecule has 3 heteroatoms. The van der Waals surface area contributed by atoms with Crippen molar-refractivity contribution in [1.82, 2.24) is 5.32 Å². The van der Waals surface area contributed by atoms with Crippen LogP contribution < -0.4 is 11.1 Å². The normalized spacial score (nSPS) is 14.0. The highest BCUT2D eigenvalue weighted by Crippen LogP contribution is 2.22. The van der Waals surface area contributed by atoms with Crippen LogP contribution in [0.25, 0.3) is 0 Å². The van der Waals surface area contributed by atoms with Gasteiger partial charge in [-0.05, 0) is 11.8 Å². The van der Waals surface area contributed by atoms with Gasteiger partial charge in [0.15, 0.2) is 0 Å². The van der Waals surface area contributed by atoms with E-state index < -0.39 is 6.03 Å². The Morgan fingerprint density at radius 1 is 1.58 bits per heavy atom. The smallest absolute Gasteiger partial charge is 0.312 e. The van der Waals surface area contributed by atoms with Crippen LogP contribution in [-0.2, 0) is 0 Å². The van der Waals surface area contributed by atoms with E-state index >= 15 is 0 Å². The summed E-state index contributed by atoms with van der Waals surface area (Å²) in [7, 11) is 0. The number of nitrogens with two attached hydrogens (primary N) is 1. The number of rotatable bonds is 3. The molecule has 0 heterocycles. The maximum Gasteiger partial charge on any atom is 0.312 e. The summed E-state index contributed by atoms with van der Waals surface area (Å²) in [4.78, 5) is 10.6. The van der Waals surface area contributed by atoms with Gasteiger partial charge >= 0.3 is 6.03 Å². The van der Waals surface area contributed by atoms with Gasteiger partial charge in [0.25, 0.3) is 0 Å². The number of primary amides is 1. The summed E-state index contributed by atoms with van der Waals surface area (Å²) in [6.07, 6.45) is 1.68. The Morgan fingerprint density at radius 3 is 2.33 bits per heavy atom. The van der Waals surface area contributed by atoms with Gasteiger partial charge in [0, 0.05) is 6.04 Å². The molecule has 0 bridgehead atoms. The quantitative estimate of drug-likeness (QED) is 0.667. The number of carbonyl (C=O) groups is 1. The number of amides is 2. The lowest BCUT2D eigenvalue weighted by Gasteiger charge is -2.30. The SMILES string of the molecule is [CH2]CCC(NC(N)=O)C(C)(C)C. The second kappa shape index (κ2) is 4.33. The van der Waals surface area contributed by atoms with Crippen LogP contribution in [0.15, 0.2) is 0 Å². The van der Waals surface area contributed by atoms with Crippen LogP contribution in [0.2, 0.25) is 0 Å². The Bertz CT molecular complexity index is 149. The van der Waals surface area contributed by atoms with Crippen LogP contribution in [0, 0.1) is 12.3 Å². The first-order valence-corrected chi connectivity index (χ1v) is 4.23. The van der Waals surface area contributed by atoms with Crippen molar-refractivity contribution in [2.45, 2.75) is 39.7 Å². The molecule has 0 aliphatic heterocycles. The molecule has 0 aromatic carbocycles. The van der Waals surface area contributed by atoms with Crippen molar-refractivity contribution in [3.8, 4) is 0 Å². The number of hydrogen-bond donors (Lipinski definition) is 2. The molecule has 1 atom stereocenters. The summed E-state index contributed by atoms with van der Waals surface area (Å²) in [6.45, 7) is 9.97. The minimum atomic E-state index is -0.455. The van der Waals surface area contributed by atoms with Gasteiger partial charge in [-0.2, -0.15) is 0 Å². The van der Waals surface area contributed by atoms with Crippen molar-refractivity contribution >= 4 is 6.03 Å². The highest BCUT2D eigenvalue weighted by Gasteiger charge is 2.24. The molecule has 3 nitrogen and oxygen atoms in total. The maximum absolute atomic E-state index is 10.6. The fraction of sp³-hybridized carbons (Fsp3) is 0.778. The standard InChI is InChI=1S/C9H19N2O/c1-5-6-7(9(2,3)4)11-8(10)12/h7H,1,5-6H2,2-4H3,(H3,10,11,12). The Morgan fingerprint density at radius 2 is 2.08 bits per heavy atom. The van der Waals surface area contributed by atoms with Gasteiger partial charge in [-0.3, -0.25) is 0 Å². The van der Waals surface area contributed by atoms with Crippen LogP contribution >= 0.6 is 0 Å². The fourth-order valence-corrected chi connectivity index (χ4v) is 1.10. The Hall–Kier alpha value is -0.730. The van der Waals surface area contributed by atoms with Crippen molar-refractivity contribution in [3.63, 3.8) is 0 Å². The summed E-state index contributed by atoms with van der Waals surface area (Å²) < 4.78 is 0. The van der Waals surface area contributed by atoms with Gasteiger partial charge in [-0.25, -0.2) is 4.79 Å². The van der Waals surface area contributed by atoms with Gasteiger partial charge in [0.1, 0.15) is 0 Å². The summed E-state index contributed by atoms with van der Waals surface area (Å²) in [5.74, 6) is 0. The lowest BCUT2D eigenvalue weighted by molar-refractivity contribution is 0.221. The fourth-order valence-electron chi connectivity index (χ4n) is 1.10. The van der Waals surface area contributed by atoms with Crippen molar-refractivity contribution in [2.24, 2.45) is 11.1 Å². The second-order valence-electron chi connectivity index (χ2n) is 4.07. The van der Waals surface area contributed by atoms with Crippen molar-refractivity contribution in [3.05, 3.63) is 6.92 Å². The number of hydrogen-bond acceptors (Lipinski definition) is 1. The van der Waals surface area contributed by atoms with E-state index in [-0.39, 0.29) is 11.5 Å². The summed E-state index contributed by atoms with van der Waals surface area (Å²) in [6, 6.07) is -0.337. The zero-order valence-corrected chi connectivity index (χ0v) is 8.18. The minimum absolute atomic E-state index is 0.0483. The molecule has 0 aliphatic carbocycles. The molecule has 1 radical (unpaired) electrons. The predicted octanol–water partition coefficient (Wildman–Crippen LogP) is 1.68. The molecule has 1 unspecified atom stereocenters. The highest BCUT2D eigenvalue weighted by molar-refractivity contribution is 5.72. The molecule has 12 heavy (non-hydrogen) atoms. The third kappa shape index (κ3) is 4.21. The average Bonchev–Trinajstić information content (AvgIpc) is 1.83. The van der Waals surface area contributed by atoms with E-state index in [2.05, 4.69) is 33.0 Å². The summed E-state index contributed by atoms with van der Waals surface area (Å²) in [5, 5.41) is 2.72.